The summed E-state index contributed by atoms with van der Waals surface area (Å²) in [7, 11) is 2.07. The minimum atomic E-state index is -0.198. The first-order valence-corrected chi connectivity index (χ1v) is 13.8. The van der Waals surface area contributed by atoms with Crippen molar-refractivity contribution in [1.82, 2.24) is 14.5 Å². The third kappa shape index (κ3) is 9.08. The van der Waals surface area contributed by atoms with E-state index in [4.69, 9.17) is 9.59 Å². The van der Waals surface area contributed by atoms with Crippen LogP contribution in [-0.4, -0.2) is 27.6 Å². The molecule has 214 valence electrons. The predicted molar refractivity (Wildman–Crippen MR) is 165 cm³/mol. The Morgan fingerprint density at radius 2 is 1.75 bits per heavy atom. The second-order valence-electron chi connectivity index (χ2n) is 9.21. The number of aryl methyl sites for hydroxylation is 4. The number of fused-ring (bicyclic) bond motifs is 3. The fourth-order valence-corrected chi connectivity index (χ4v) is 4.52. The number of allylic oxidation sites excluding steroid dienone is 1. The second-order valence-corrected chi connectivity index (χ2v) is 9.21. The highest BCUT2D eigenvalue weighted by Gasteiger charge is 2.19. The van der Waals surface area contributed by atoms with Crippen molar-refractivity contribution in [3.63, 3.8) is 0 Å². The summed E-state index contributed by atoms with van der Waals surface area (Å²) in [4.78, 5) is 25.4. The van der Waals surface area contributed by atoms with Crippen molar-refractivity contribution in [3.8, 4) is 11.1 Å². The van der Waals surface area contributed by atoms with Crippen LogP contribution in [0.2, 0.25) is 0 Å². The SMILES string of the molecule is C=C1Cc2cnc3cc(CC)c(-c4ccn(C)c4)cc3c2C1.C=O.CC.CC=O.CCCc1cnc(C)c(F)c1. The van der Waals surface area contributed by atoms with Crippen LogP contribution < -0.4 is 0 Å². The summed E-state index contributed by atoms with van der Waals surface area (Å²) < 4.78 is 14.9. The van der Waals surface area contributed by atoms with Crippen molar-refractivity contribution in [1.29, 1.82) is 0 Å². The number of pyridine rings is 2. The molecule has 0 spiro atoms. The van der Waals surface area contributed by atoms with Crippen LogP contribution in [0.25, 0.3) is 22.0 Å². The normalized spacial score (nSPS) is 10.9. The number of rotatable bonds is 4. The maximum absolute atomic E-state index is 12.8. The first-order chi connectivity index (χ1) is 19.3. The third-order valence-corrected chi connectivity index (χ3v) is 6.31. The fourth-order valence-electron chi connectivity index (χ4n) is 4.52. The number of hydrogen-bond donors (Lipinski definition) is 0. The molecule has 0 aliphatic heterocycles. The molecular formula is C34H44FN3O2. The van der Waals surface area contributed by atoms with E-state index in [0.717, 1.165) is 49.5 Å². The van der Waals surface area contributed by atoms with Gasteiger partial charge in [0.15, 0.2) is 0 Å². The van der Waals surface area contributed by atoms with Crippen LogP contribution in [0.4, 0.5) is 4.39 Å². The highest BCUT2D eigenvalue weighted by molar-refractivity contribution is 5.90. The van der Waals surface area contributed by atoms with Gasteiger partial charge in [0, 0.05) is 37.2 Å². The lowest BCUT2D eigenvalue weighted by molar-refractivity contribution is -0.106. The second kappa shape index (κ2) is 17.6. The molecule has 0 bridgehead atoms. The molecule has 0 amide bonds. The van der Waals surface area contributed by atoms with E-state index in [9.17, 15) is 4.39 Å². The van der Waals surface area contributed by atoms with E-state index in [-0.39, 0.29) is 5.82 Å². The summed E-state index contributed by atoms with van der Waals surface area (Å²) in [5.74, 6) is -0.198. The molecule has 1 aromatic carbocycles. The first-order valence-electron chi connectivity index (χ1n) is 13.8. The van der Waals surface area contributed by atoms with Gasteiger partial charge in [0.1, 0.15) is 18.9 Å². The number of hydrogen-bond acceptors (Lipinski definition) is 4. The third-order valence-electron chi connectivity index (χ3n) is 6.31. The van der Waals surface area contributed by atoms with E-state index < -0.39 is 0 Å². The van der Waals surface area contributed by atoms with Gasteiger partial charge in [-0.1, -0.05) is 46.3 Å². The highest BCUT2D eigenvalue weighted by atomic mass is 19.1. The molecule has 0 saturated heterocycles. The maximum atomic E-state index is 12.8. The fraction of sp³-hybridized carbons (Fsp3) is 0.353. The van der Waals surface area contributed by atoms with Gasteiger partial charge in [-0.3, -0.25) is 9.97 Å². The monoisotopic (exact) mass is 545 g/mol. The Morgan fingerprint density at radius 1 is 1.07 bits per heavy atom. The van der Waals surface area contributed by atoms with Crippen LogP contribution in [0.1, 0.15) is 69.0 Å². The minimum absolute atomic E-state index is 0.198. The van der Waals surface area contributed by atoms with Gasteiger partial charge in [0.25, 0.3) is 0 Å². The van der Waals surface area contributed by atoms with Crippen molar-refractivity contribution < 1.29 is 14.0 Å². The van der Waals surface area contributed by atoms with Crippen LogP contribution in [0.5, 0.6) is 0 Å². The van der Waals surface area contributed by atoms with E-state index in [1.54, 1.807) is 19.2 Å². The largest absolute Gasteiger partial charge is 0.357 e. The Bertz CT molecular complexity index is 1390. The van der Waals surface area contributed by atoms with Crippen LogP contribution in [0.15, 0.2) is 61.2 Å². The van der Waals surface area contributed by atoms with Gasteiger partial charge in [-0.15, -0.1) is 0 Å². The molecule has 3 heterocycles. The van der Waals surface area contributed by atoms with Crippen molar-refractivity contribution >= 4 is 24.0 Å². The van der Waals surface area contributed by atoms with Gasteiger partial charge in [0.05, 0.1) is 11.2 Å². The maximum Gasteiger partial charge on any atom is 0.144 e. The van der Waals surface area contributed by atoms with Crippen LogP contribution >= 0.6 is 0 Å². The summed E-state index contributed by atoms with van der Waals surface area (Å²) in [5, 5.41) is 1.30. The number of nitrogens with zero attached hydrogens (tertiary/aromatic N) is 3. The number of halogens is 1. The smallest absolute Gasteiger partial charge is 0.144 e. The van der Waals surface area contributed by atoms with Crippen LogP contribution in [0, 0.1) is 12.7 Å². The Morgan fingerprint density at radius 3 is 2.30 bits per heavy atom. The van der Waals surface area contributed by atoms with Gasteiger partial charge in [-0.25, -0.2) is 4.39 Å². The zero-order chi connectivity index (χ0) is 30.2. The predicted octanol–water partition coefficient (Wildman–Crippen LogP) is 7.99. The Labute approximate surface area is 239 Å². The molecule has 4 aromatic rings. The van der Waals surface area contributed by atoms with Crippen molar-refractivity contribution in [2.45, 2.75) is 73.6 Å². The first kappa shape index (κ1) is 34.1. The molecule has 5 nitrogen and oxygen atoms in total. The molecule has 0 unspecified atom stereocenters. The van der Waals surface area contributed by atoms with Crippen molar-refractivity contribution in [3.05, 3.63) is 95.0 Å². The summed E-state index contributed by atoms with van der Waals surface area (Å²) in [6.07, 6.45) is 13.8. The van der Waals surface area contributed by atoms with Gasteiger partial charge in [-0.05, 0) is 97.2 Å². The molecule has 5 rings (SSSR count). The number of aromatic nitrogens is 3. The quantitative estimate of drug-likeness (QED) is 0.193. The van der Waals surface area contributed by atoms with Crippen LogP contribution in [0.3, 0.4) is 0 Å². The molecule has 0 radical (unpaired) electrons. The van der Waals surface area contributed by atoms with E-state index in [1.807, 2.05) is 26.8 Å². The topological polar surface area (TPSA) is 64.8 Å². The average Bonchev–Trinajstić information content (AvgIpc) is 3.58. The molecule has 1 aliphatic carbocycles. The number of carbonyl (C=O) groups is 2. The van der Waals surface area contributed by atoms with E-state index in [2.05, 4.69) is 72.6 Å². The number of carbonyl (C=O) groups excluding carboxylic acids is 2. The highest BCUT2D eigenvalue weighted by Crippen LogP contribution is 2.35. The Balaban J connectivity index is 0.000000375. The molecule has 6 heteroatoms. The van der Waals surface area contributed by atoms with Gasteiger partial charge in [-0.2, -0.15) is 0 Å². The van der Waals surface area contributed by atoms with Crippen molar-refractivity contribution in [2.75, 3.05) is 0 Å². The van der Waals surface area contributed by atoms with Crippen molar-refractivity contribution in [2.24, 2.45) is 7.05 Å². The molecule has 0 saturated carbocycles. The van der Waals surface area contributed by atoms with E-state index in [0.29, 0.717) is 5.69 Å². The minimum Gasteiger partial charge on any atom is -0.357 e. The number of benzene rings is 1. The molecule has 0 atom stereocenters. The lowest BCUT2D eigenvalue weighted by Crippen LogP contribution is -1.94. The van der Waals surface area contributed by atoms with Crippen LogP contribution in [-0.2, 0) is 42.3 Å². The standard InChI is InChI=1S/C20H20N2.C9H12FN.C2H4O.C2H6.CH2O/c1-4-14-9-20-19(10-17(14)15-5-6-22(3)12-15)18-8-13(2)7-16(18)11-21-20;1-3-4-8-5-9(10)7(2)11-6-8;1-2-3;2*1-2/h5-6,9-12H,2,4,7-8H2,1,3H3;5-6H,3-4H2,1-2H3;2H,1H3;1-2H3;1H2. The molecule has 0 N–H and O–H groups in total. The Kier molecular flexibility index (Phi) is 15.0. The molecule has 3 aromatic heterocycles. The lowest BCUT2D eigenvalue weighted by Gasteiger charge is -2.11. The van der Waals surface area contributed by atoms with E-state index >= 15 is 0 Å². The lowest BCUT2D eigenvalue weighted by atomic mass is 9.95. The summed E-state index contributed by atoms with van der Waals surface area (Å²) >= 11 is 0. The van der Waals surface area contributed by atoms with E-state index in [1.165, 1.54) is 45.7 Å². The number of aldehydes is 1. The Hall–Kier alpha value is -3.93. The molecule has 1 aliphatic rings. The van der Waals surface area contributed by atoms with Gasteiger partial charge >= 0.3 is 0 Å². The van der Waals surface area contributed by atoms with Gasteiger partial charge < -0.3 is 14.2 Å². The molecular weight excluding hydrogens is 501 g/mol. The summed E-state index contributed by atoms with van der Waals surface area (Å²) in [6, 6.07) is 8.36. The summed E-state index contributed by atoms with van der Waals surface area (Å²) in [5.41, 5.74) is 10.6. The average molecular weight is 546 g/mol. The molecule has 0 fully saturated rings. The van der Waals surface area contributed by atoms with Gasteiger partial charge in [0.2, 0.25) is 0 Å². The summed E-state index contributed by atoms with van der Waals surface area (Å²) in [6.45, 7) is 17.6. The zero-order valence-corrected chi connectivity index (χ0v) is 25.2. The zero-order valence-electron chi connectivity index (χ0n) is 25.2. The molecule has 40 heavy (non-hydrogen) atoms.